The lowest BCUT2D eigenvalue weighted by atomic mass is 9.72. The Labute approximate surface area is 205 Å². The number of pyridine rings is 1. The number of nitrogens with zero attached hydrogens (tertiary/aromatic N) is 2. The fourth-order valence-corrected chi connectivity index (χ4v) is 5.49. The third-order valence-electron chi connectivity index (χ3n) is 7.36. The first kappa shape index (κ1) is 23.5. The molecule has 3 aromatic rings. The van der Waals surface area contributed by atoms with Gasteiger partial charge in [-0.15, -0.1) is 0 Å². The molecule has 182 valence electrons. The molecule has 0 bridgehead atoms. The second-order valence-electron chi connectivity index (χ2n) is 9.44. The van der Waals surface area contributed by atoms with Crippen LogP contribution in [0.1, 0.15) is 54.2 Å². The Morgan fingerprint density at radius 3 is 2.63 bits per heavy atom. The minimum atomic E-state index is -0.605. The third kappa shape index (κ3) is 4.80. The van der Waals surface area contributed by atoms with Gasteiger partial charge in [-0.3, -0.25) is 9.78 Å². The molecule has 0 saturated carbocycles. The van der Waals surface area contributed by atoms with Crippen molar-refractivity contribution in [3.8, 4) is 5.75 Å². The maximum Gasteiger partial charge on any atom is 0.233 e. The molecule has 2 fully saturated rings. The first-order chi connectivity index (χ1) is 17.1. The fourth-order valence-electron chi connectivity index (χ4n) is 5.49. The maximum atomic E-state index is 14.2. The molecule has 0 aliphatic carbocycles. The van der Waals surface area contributed by atoms with Crippen LogP contribution < -0.4 is 4.74 Å². The van der Waals surface area contributed by atoms with Gasteiger partial charge in [-0.1, -0.05) is 30.3 Å². The van der Waals surface area contributed by atoms with E-state index in [2.05, 4.69) is 0 Å². The Bertz CT molecular complexity index is 1170. The molecule has 5 rings (SSSR count). The number of methoxy groups -OCH3 is 1. The summed E-state index contributed by atoms with van der Waals surface area (Å²) in [6, 6.07) is 20.4. The van der Waals surface area contributed by atoms with Crippen LogP contribution in [0.4, 0.5) is 4.39 Å². The smallest absolute Gasteiger partial charge is 0.233 e. The summed E-state index contributed by atoms with van der Waals surface area (Å²) in [7, 11) is 1.65. The first-order valence-electron chi connectivity index (χ1n) is 12.3. The summed E-state index contributed by atoms with van der Waals surface area (Å²) in [6.07, 6.45) is 3.71. The molecule has 0 spiro atoms. The van der Waals surface area contributed by atoms with Crippen LogP contribution >= 0.6 is 0 Å². The molecular weight excluding hydrogens is 443 g/mol. The highest BCUT2D eigenvalue weighted by molar-refractivity contribution is 5.89. The summed E-state index contributed by atoms with van der Waals surface area (Å²) in [6.45, 7) is 1.85. The van der Waals surface area contributed by atoms with Crippen LogP contribution in [0.25, 0.3) is 0 Å². The van der Waals surface area contributed by atoms with Crippen molar-refractivity contribution in [2.24, 2.45) is 0 Å². The number of benzene rings is 2. The van der Waals surface area contributed by atoms with E-state index in [9.17, 15) is 9.18 Å². The minimum absolute atomic E-state index is 0.0621. The van der Waals surface area contributed by atoms with Crippen LogP contribution in [0.2, 0.25) is 0 Å². The molecule has 1 unspecified atom stereocenters. The summed E-state index contributed by atoms with van der Waals surface area (Å²) >= 11 is 0. The number of carbonyl (C=O) groups excluding carboxylic acids is 1. The molecule has 0 N–H and O–H groups in total. The van der Waals surface area contributed by atoms with Gasteiger partial charge < -0.3 is 14.4 Å². The van der Waals surface area contributed by atoms with Crippen molar-refractivity contribution in [3.63, 3.8) is 0 Å². The number of amides is 1. The Morgan fingerprint density at radius 2 is 1.89 bits per heavy atom. The highest BCUT2D eigenvalue weighted by Gasteiger charge is 2.47. The standard InChI is InChI=1S/C29H31FN2O3/c1-34-25-12-10-22(11-13-25)29(14-17-35-18-15-29)28(33)32-16-4-9-27(32)26-8-3-7-24(31-26)20-21-5-2-6-23(30)19-21/h2-3,5-8,10-13,19,27H,4,9,14-18,20H2,1H3. The third-order valence-corrected chi connectivity index (χ3v) is 7.36. The molecule has 5 nitrogen and oxygen atoms in total. The van der Waals surface area contributed by atoms with Gasteiger partial charge in [-0.25, -0.2) is 4.39 Å². The van der Waals surface area contributed by atoms with Crippen LogP contribution in [0.3, 0.4) is 0 Å². The largest absolute Gasteiger partial charge is 0.497 e. The lowest BCUT2D eigenvalue weighted by Gasteiger charge is -2.40. The normalized spacial score (nSPS) is 19.5. The molecule has 35 heavy (non-hydrogen) atoms. The minimum Gasteiger partial charge on any atom is -0.497 e. The van der Waals surface area contributed by atoms with E-state index in [1.807, 2.05) is 53.4 Å². The number of aromatic nitrogens is 1. The highest BCUT2D eigenvalue weighted by Crippen LogP contribution is 2.42. The van der Waals surface area contributed by atoms with Crippen molar-refractivity contribution in [2.45, 2.75) is 43.6 Å². The first-order valence-corrected chi connectivity index (χ1v) is 12.3. The van der Waals surface area contributed by atoms with Gasteiger partial charge in [0.15, 0.2) is 0 Å². The fraction of sp³-hybridized carbons (Fsp3) is 0.379. The Hall–Kier alpha value is -3.25. The van der Waals surface area contributed by atoms with Crippen molar-refractivity contribution in [3.05, 3.63) is 95.1 Å². The van der Waals surface area contributed by atoms with E-state index in [0.717, 1.165) is 47.7 Å². The molecule has 6 heteroatoms. The highest BCUT2D eigenvalue weighted by atomic mass is 19.1. The molecular formula is C29H31FN2O3. The Balaban J connectivity index is 1.42. The quantitative estimate of drug-likeness (QED) is 0.491. The van der Waals surface area contributed by atoms with E-state index in [0.29, 0.717) is 32.5 Å². The van der Waals surface area contributed by atoms with Crippen LogP contribution in [0.15, 0.2) is 66.7 Å². The van der Waals surface area contributed by atoms with Crippen molar-refractivity contribution in [1.82, 2.24) is 9.88 Å². The van der Waals surface area contributed by atoms with Gasteiger partial charge >= 0.3 is 0 Å². The van der Waals surface area contributed by atoms with E-state index in [4.69, 9.17) is 14.5 Å². The van der Waals surface area contributed by atoms with Crippen molar-refractivity contribution >= 4 is 5.91 Å². The van der Waals surface area contributed by atoms with Crippen LogP contribution in [0, 0.1) is 5.82 Å². The van der Waals surface area contributed by atoms with Gasteiger partial charge in [0.25, 0.3) is 0 Å². The predicted molar refractivity (Wildman–Crippen MR) is 132 cm³/mol. The molecule has 2 aliphatic rings. The number of halogens is 1. The van der Waals surface area contributed by atoms with E-state index in [-0.39, 0.29) is 17.8 Å². The van der Waals surface area contributed by atoms with E-state index >= 15 is 0 Å². The Kier molecular flexibility index (Phi) is 6.82. The predicted octanol–water partition coefficient (Wildman–Crippen LogP) is 5.23. The summed E-state index contributed by atoms with van der Waals surface area (Å²) in [4.78, 5) is 21.2. The number of hydrogen-bond acceptors (Lipinski definition) is 4. The molecule has 2 saturated heterocycles. The van der Waals surface area contributed by atoms with Crippen molar-refractivity contribution < 1.29 is 18.7 Å². The van der Waals surface area contributed by atoms with Crippen molar-refractivity contribution in [1.29, 1.82) is 0 Å². The van der Waals surface area contributed by atoms with Crippen LogP contribution in [0.5, 0.6) is 5.75 Å². The lowest BCUT2D eigenvalue weighted by molar-refractivity contribution is -0.142. The van der Waals surface area contributed by atoms with Gasteiger partial charge in [0.1, 0.15) is 11.6 Å². The molecule has 2 aromatic carbocycles. The Morgan fingerprint density at radius 1 is 1.11 bits per heavy atom. The van der Waals surface area contributed by atoms with Crippen LogP contribution in [-0.2, 0) is 21.4 Å². The number of carbonyl (C=O) groups is 1. The number of rotatable bonds is 6. The summed E-state index contributed by atoms with van der Waals surface area (Å²) < 4.78 is 24.6. The number of likely N-dealkylation sites (tertiary alicyclic amines) is 1. The molecule has 3 heterocycles. The second kappa shape index (κ2) is 10.2. The average Bonchev–Trinajstić information content (AvgIpc) is 3.39. The zero-order chi connectivity index (χ0) is 24.3. The summed E-state index contributed by atoms with van der Waals surface area (Å²) in [5.41, 5.74) is 3.08. The van der Waals surface area contributed by atoms with E-state index in [1.54, 1.807) is 19.2 Å². The van der Waals surface area contributed by atoms with Gasteiger partial charge in [0.2, 0.25) is 5.91 Å². The lowest BCUT2D eigenvalue weighted by Crippen LogP contribution is -2.49. The zero-order valence-electron chi connectivity index (χ0n) is 20.1. The zero-order valence-corrected chi connectivity index (χ0v) is 20.1. The molecule has 0 radical (unpaired) electrons. The second-order valence-corrected chi connectivity index (χ2v) is 9.44. The monoisotopic (exact) mass is 474 g/mol. The number of ether oxygens (including phenoxy) is 2. The SMILES string of the molecule is COc1ccc(C2(C(=O)N3CCCC3c3cccc(Cc4cccc(F)c4)n3)CCOCC2)cc1. The molecule has 1 amide bonds. The van der Waals surface area contributed by atoms with Gasteiger partial charge in [0.05, 0.1) is 24.3 Å². The van der Waals surface area contributed by atoms with Crippen LogP contribution in [-0.4, -0.2) is 42.7 Å². The molecule has 2 aliphatic heterocycles. The van der Waals surface area contributed by atoms with Gasteiger partial charge in [-0.05, 0) is 73.2 Å². The summed E-state index contributed by atoms with van der Waals surface area (Å²) in [5, 5.41) is 0. The maximum absolute atomic E-state index is 14.2. The van der Waals surface area contributed by atoms with Gasteiger partial charge in [-0.2, -0.15) is 0 Å². The van der Waals surface area contributed by atoms with Crippen molar-refractivity contribution in [2.75, 3.05) is 26.9 Å². The molecule has 1 atom stereocenters. The number of hydrogen-bond donors (Lipinski definition) is 0. The van der Waals surface area contributed by atoms with Gasteiger partial charge in [0, 0.05) is 31.9 Å². The van der Waals surface area contributed by atoms with E-state index < -0.39 is 5.41 Å². The average molecular weight is 475 g/mol. The summed E-state index contributed by atoms with van der Waals surface area (Å²) in [5.74, 6) is 0.694. The van der Waals surface area contributed by atoms with E-state index in [1.165, 1.54) is 6.07 Å². The molecule has 1 aromatic heterocycles. The topological polar surface area (TPSA) is 51.7 Å².